The van der Waals surface area contributed by atoms with E-state index in [1.54, 1.807) is 3.82 Å². The van der Waals surface area contributed by atoms with Gasteiger partial charge in [0.25, 0.3) is 0 Å². The van der Waals surface area contributed by atoms with Crippen LogP contribution < -0.4 is 0 Å². The number of hydrogen-bond donors (Lipinski definition) is 0. The molecule has 0 aliphatic carbocycles. The van der Waals surface area contributed by atoms with Crippen LogP contribution in [0.2, 0.25) is 0 Å². The minimum atomic E-state index is -0.254. The van der Waals surface area contributed by atoms with Gasteiger partial charge in [-0.2, -0.15) is 4.40 Å². The van der Waals surface area contributed by atoms with Gasteiger partial charge in [-0.25, -0.2) is 0 Å². The van der Waals surface area contributed by atoms with E-state index < -0.39 is 0 Å². The summed E-state index contributed by atoms with van der Waals surface area (Å²) >= 11 is 7.51. The molecule has 0 N–H and O–H groups in total. The van der Waals surface area contributed by atoms with Gasteiger partial charge in [0.15, 0.2) is 6.23 Å². The van der Waals surface area contributed by atoms with Gasteiger partial charge < -0.3 is 9.64 Å². The topological polar surface area (TPSA) is 28.1 Å². The van der Waals surface area contributed by atoms with Crippen molar-refractivity contribution in [2.24, 2.45) is 4.40 Å². The van der Waals surface area contributed by atoms with Crippen molar-refractivity contribution in [1.82, 2.24) is 8.72 Å². The lowest BCUT2D eigenvalue weighted by Crippen LogP contribution is -2.36. The van der Waals surface area contributed by atoms with E-state index in [-0.39, 0.29) is 6.23 Å². The van der Waals surface area contributed by atoms with Gasteiger partial charge in [-0.05, 0) is 49.2 Å². The molecule has 0 saturated heterocycles. The summed E-state index contributed by atoms with van der Waals surface area (Å²) in [5, 5.41) is 0. The Morgan fingerprint density at radius 1 is 1.35 bits per heavy atom. The standard InChI is InChI=1S/C17H22ClN3OS/c1-20-11-5-10-15(13-20)16-17(21(18)23-19-16)22-12-6-9-14-7-3-2-4-8-14/h2-4,7-8,10,17H,5-6,9,11-13H2,1H3. The van der Waals surface area contributed by atoms with Crippen LogP contribution in [0.1, 0.15) is 18.4 Å². The van der Waals surface area contributed by atoms with Crippen molar-refractivity contribution in [2.45, 2.75) is 25.5 Å². The third kappa shape index (κ3) is 4.58. The predicted molar refractivity (Wildman–Crippen MR) is 97.4 cm³/mol. The Morgan fingerprint density at radius 2 is 2.17 bits per heavy atom. The second kappa shape index (κ2) is 8.31. The van der Waals surface area contributed by atoms with Crippen molar-refractivity contribution in [3.8, 4) is 0 Å². The van der Waals surface area contributed by atoms with E-state index >= 15 is 0 Å². The molecular formula is C17H22ClN3OS. The van der Waals surface area contributed by atoms with Crippen molar-refractivity contribution in [3.05, 3.63) is 47.5 Å². The molecule has 2 aliphatic heterocycles. The number of halogens is 1. The molecule has 23 heavy (non-hydrogen) atoms. The summed E-state index contributed by atoms with van der Waals surface area (Å²) in [6.07, 6.45) is 5.05. The molecular weight excluding hydrogens is 330 g/mol. The lowest BCUT2D eigenvalue weighted by atomic mass is 10.0. The maximum absolute atomic E-state index is 6.24. The van der Waals surface area contributed by atoms with E-state index in [0.29, 0.717) is 6.61 Å². The Labute approximate surface area is 147 Å². The average Bonchev–Trinajstić information content (AvgIpc) is 2.93. The number of likely N-dealkylation sites (N-methyl/N-ethyl adjacent to an activating group) is 1. The van der Waals surface area contributed by atoms with Gasteiger partial charge in [0.05, 0.1) is 12.1 Å². The highest BCUT2D eigenvalue weighted by molar-refractivity contribution is 7.97. The van der Waals surface area contributed by atoms with Gasteiger partial charge in [-0.1, -0.05) is 36.4 Å². The molecule has 1 atom stereocenters. The minimum absolute atomic E-state index is 0.254. The van der Waals surface area contributed by atoms with Crippen LogP contribution in [0.25, 0.3) is 0 Å². The lowest BCUT2D eigenvalue weighted by molar-refractivity contribution is 0.0623. The largest absolute Gasteiger partial charge is 0.355 e. The van der Waals surface area contributed by atoms with Gasteiger partial charge in [0.1, 0.15) is 5.71 Å². The van der Waals surface area contributed by atoms with E-state index in [0.717, 1.165) is 38.1 Å². The molecule has 0 bridgehead atoms. The maximum Gasteiger partial charge on any atom is 0.179 e. The van der Waals surface area contributed by atoms with E-state index in [2.05, 4.69) is 46.7 Å². The Hall–Kier alpha value is -0.850. The van der Waals surface area contributed by atoms with Crippen LogP contribution in [0.4, 0.5) is 0 Å². The summed E-state index contributed by atoms with van der Waals surface area (Å²) in [4.78, 5) is 2.30. The van der Waals surface area contributed by atoms with Crippen molar-refractivity contribution < 1.29 is 4.74 Å². The molecule has 0 aromatic heterocycles. The zero-order chi connectivity index (χ0) is 16.1. The number of aryl methyl sites for hydroxylation is 1. The molecule has 0 fully saturated rings. The number of ether oxygens (including phenoxy) is 1. The Bertz CT molecular complexity index is 578. The smallest absolute Gasteiger partial charge is 0.179 e. The van der Waals surface area contributed by atoms with Crippen LogP contribution >= 0.6 is 23.9 Å². The average molecular weight is 352 g/mol. The number of nitrogens with zero attached hydrogens (tertiary/aromatic N) is 3. The Kier molecular flexibility index (Phi) is 6.14. The van der Waals surface area contributed by atoms with E-state index in [1.807, 2.05) is 6.07 Å². The van der Waals surface area contributed by atoms with Crippen LogP contribution in [-0.4, -0.2) is 47.4 Å². The molecule has 124 valence electrons. The quantitative estimate of drug-likeness (QED) is 0.444. The third-order valence-corrected chi connectivity index (χ3v) is 5.02. The van der Waals surface area contributed by atoms with Crippen LogP contribution in [0.5, 0.6) is 0 Å². The van der Waals surface area contributed by atoms with Gasteiger partial charge in [-0.15, -0.1) is 3.82 Å². The molecule has 3 rings (SSSR count). The zero-order valence-corrected chi connectivity index (χ0v) is 14.9. The summed E-state index contributed by atoms with van der Waals surface area (Å²) in [5.74, 6) is 0. The fourth-order valence-corrected chi connectivity index (χ4v) is 3.68. The van der Waals surface area contributed by atoms with Crippen LogP contribution in [0, 0.1) is 0 Å². The van der Waals surface area contributed by atoms with Gasteiger partial charge in [0.2, 0.25) is 0 Å². The summed E-state index contributed by atoms with van der Waals surface area (Å²) in [6.45, 7) is 2.68. The zero-order valence-electron chi connectivity index (χ0n) is 13.3. The highest BCUT2D eigenvalue weighted by Crippen LogP contribution is 2.32. The van der Waals surface area contributed by atoms with Gasteiger partial charge in [-0.3, -0.25) is 0 Å². The lowest BCUT2D eigenvalue weighted by Gasteiger charge is -2.25. The molecule has 2 aliphatic rings. The number of hydrogen-bond acceptors (Lipinski definition) is 5. The molecule has 0 spiro atoms. The Morgan fingerprint density at radius 3 is 2.96 bits per heavy atom. The summed E-state index contributed by atoms with van der Waals surface area (Å²) in [5.41, 5.74) is 3.55. The second-order valence-corrected chi connectivity index (χ2v) is 7.20. The molecule has 2 heterocycles. The molecule has 6 heteroatoms. The van der Waals surface area contributed by atoms with Crippen LogP contribution in [0.15, 0.2) is 46.4 Å². The third-order valence-electron chi connectivity index (χ3n) is 4.03. The first-order valence-electron chi connectivity index (χ1n) is 7.97. The fourth-order valence-electron chi connectivity index (χ4n) is 2.82. The second-order valence-electron chi connectivity index (χ2n) is 5.90. The highest BCUT2D eigenvalue weighted by atomic mass is 35.5. The van der Waals surface area contributed by atoms with Gasteiger partial charge in [0, 0.05) is 19.7 Å². The predicted octanol–water partition coefficient (Wildman–Crippen LogP) is 3.70. The minimum Gasteiger partial charge on any atom is -0.355 e. The monoisotopic (exact) mass is 351 g/mol. The number of benzene rings is 1. The molecule has 0 amide bonds. The maximum atomic E-state index is 6.24. The number of rotatable bonds is 6. The van der Waals surface area contributed by atoms with Crippen molar-refractivity contribution in [1.29, 1.82) is 0 Å². The van der Waals surface area contributed by atoms with Crippen LogP contribution in [0.3, 0.4) is 0 Å². The van der Waals surface area contributed by atoms with Crippen molar-refractivity contribution in [3.63, 3.8) is 0 Å². The SMILES string of the molecule is CN1CCC=C(C2=NSN(Cl)C2OCCCc2ccccc2)C1. The van der Waals surface area contributed by atoms with Crippen molar-refractivity contribution >= 4 is 29.6 Å². The molecule has 4 nitrogen and oxygen atoms in total. The van der Waals surface area contributed by atoms with Crippen LogP contribution in [-0.2, 0) is 11.2 Å². The molecule has 1 aromatic carbocycles. The first-order chi connectivity index (χ1) is 11.2. The summed E-state index contributed by atoms with van der Waals surface area (Å²) in [6, 6.07) is 10.5. The van der Waals surface area contributed by atoms with E-state index in [4.69, 9.17) is 16.5 Å². The fraction of sp³-hybridized carbons (Fsp3) is 0.471. The summed E-state index contributed by atoms with van der Waals surface area (Å²) < 4.78 is 12.1. The molecule has 0 radical (unpaired) electrons. The highest BCUT2D eigenvalue weighted by Gasteiger charge is 2.33. The van der Waals surface area contributed by atoms with E-state index in [9.17, 15) is 0 Å². The first-order valence-corrected chi connectivity index (χ1v) is 9.04. The normalized spacial score (nSPS) is 23.0. The van der Waals surface area contributed by atoms with Crippen molar-refractivity contribution in [2.75, 3.05) is 26.7 Å². The molecule has 1 aromatic rings. The van der Waals surface area contributed by atoms with Gasteiger partial charge >= 0.3 is 0 Å². The Balaban J connectivity index is 1.51. The first kappa shape index (κ1) is 17.0. The van der Waals surface area contributed by atoms with E-state index in [1.165, 1.54) is 23.3 Å². The molecule has 1 unspecified atom stereocenters. The molecule has 0 saturated carbocycles. The summed E-state index contributed by atoms with van der Waals surface area (Å²) in [7, 11) is 2.13.